The third-order valence-electron chi connectivity index (χ3n) is 4.09. The molecule has 27 heavy (non-hydrogen) atoms. The van der Waals surface area contributed by atoms with Crippen molar-refractivity contribution in [3.05, 3.63) is 58.9 Å². The van der Waals surface area contributed by atoms with Crippen LogP contribution in [0.15, 0.2) is 48.5 Å². The molecule has 0 aliphatic carbocycles. The van der Waals surface area contributed by atoms with E-state index in [4.69, 9.17) is 21.7 Å². The fourth-order valence-electron chi connectivity index (χ4n) is 2.87. The van der Waals surface area contributed by atoms with Crippen molar-refractivity contribution in [2.45, 2.75) is 20.1 Å². The van der Waals surface area contributed by atoms with E-state index in [1.54, 1.807) is 7.11 Å². The van der Waals surface area contributed by atoms with Crippen molar-refractivity contribution in [1.82, 2.24) is 19.7 Å². The molecule has 0 saturated heterocycles. The van der Waals surface area contributed by atoms with Crippen LogP contribution in [0.4, 0.5) is 0 Å². The second kappa shape index (κ2) is 8.83. The minimum absolute atomic E-state index is 0.532. The Kier molecular flexibility index (Phi) is 6.26. The molecule has 142 valence electrons. The number of aromatic amines is 1. The van der Waals surface area contributed by atoms with Crippen molar-refractivity contribution in [3.63, 3.8) is 0 Å². The van der Waals surface area contributed by atoms with Crippen LogP contribution in [0.5, 0.6) is 11.5 Å². The summed E-state index contributed by atoms with van der Waals surface area (Å²) in [6.07, 6.45) is 0. The molecular formula is C20H24N4O2S. The van der Waals surface area contributed by atoms with E-state index in [2.05, 4.69) is 15.0 Å². The first kappa shape index (κ1) is 19.1. The highest BCUT2D eigenvalue weighted by Gasteiger charge is 2.10. The van der Waals surface area contributed by atoms with Gasteiger partial charge in [0.1, 0.15) is 0 Å². The van der Waals surface area contributed by atoms with Gasteiger partial charge in [0.25, 0.3) is 0 Å². The topological polar surface area (TPSA) is 55.3 Å². The first-order valence-corrected chi connectivity index (χ1v) is 9.22. The minimum atomic E-state index is 0.532. The first-order chi connectivity index (χ1) is 13.1. The van der Waals surface area contributed by atoms with Gasteiger partial charge in [0.2, 0.25) is 4.77 Å². The number of hydrogen-bond acceptors (Lipinski definition) is 5. The predicted octanol–water partition coefficient (Wildman–Crippen LogP) is 4.10. The molecule has 1 heterocycles. The lowest BCUT2D eigenvalue weighted by molar-refractivity contribution is 0.244. The van der Waals surface area contributed by atoms with Gasteiger partial charge in [-0.2, -0.15) is 4.98 Å². The summed E-state index contributed by atoms with van der Waals surface area (Å²) in [4.78, 5) is 6.61. The van der Waals surface area contributed by atoms with Crippen molar-refractivity contribution >= 4 is 12.2 Å². The molecule has 0 radical (unpaired) electrons. The summed E-state index contributed by atoms with van der Waals surface area (Å²) in [5.41, 5.74) is 2.15. The number of aromatic nitrogens is 3. The van der Waals surface area contributed by atoms with Crippen molar-refractivity contribution in [3.8, 4) is 22.9 Å². The molecule has 0 fully saturated rings. The summed E-state index contributed by atoms with van der Waals surface area (Å²) in [6, 6.07) is 16.0. The van der Waals surface area contributed by atoms with Crippen LogP contribution >= 0.6 is 12.2 Å². The van der Waals surface area contributed by atoms with Crippen LogP contribution in [0, 0.1) is 4.77 Å². The minimum Gasteiger partial charge on any atom is -0.493 e. The monoisotopic (exact) mass is 384 g/mol. The van der Waals surface area contributed by atoms with Gasteiger partial charge < -0.3 is 9.47 Å². The number of H-pyrrole nitrogens is 1. The van der Waals surface area contributed by atoms with E-state index < -0.39 is 0 Å². The predicted molar refractivity (Wildman–Crippen MR) is 108 cm³/mol. The van der Waals surface area contributed by atoms with Gasteiger partial charge in [-0.1, -0.05) is 36.4 Å². The molecule has 0 bridgehead atoms. The highest BCUT2D eigenvalue weighted by Crippen LogP contribution is 2.28. The molecule has 0 atom stereocenters. The highest BCUT2D eigenvalue weighted by atomic mass is 32.1. The molecule has 2 aromatic carbocycles. The number of hydrogen-bond donors (Lipinski definition) is 1. The summed E-state index contributed by atoms with van der Waals surface area (Å²) >= 11 is 5.40. The Balaban J connectivity index is 1.70. The summed E-state index contributed by atoms with van der Waals surface area (Å²) < 4.78 is 13.4. The zero-order valence-corrected chi connectivity index (χ0v) is 16.6. The number of rotatable bonds is 8. The van der Waals surface area contributed by atoms with Crippen LogP contribution in [0.1, 0.15) is 12.5 Å². The highest BCUT2D eigenvalue weighted by molar-refractivity contribution is 7.71. The summed E-state index contributed by atoms with van der Waals surface area (Å²) in [5, 5.41) is 3.28. The second-order valence-electron chi connectivity index (χ2n) is 6.22. The quantitative estimate of drug-likeness (QED) is 0.593. The van der Waals surface area contributed by atoms with Crippen LogP contribution in [0.2, 0.25) is 0 Å². The molecular weight excluding hydrogens is 360 g/mol. The van der Waals surface area contributed by atoms with E-state index in [1.165, 1.54) is 0 Å². The largest absolute Gasteiger partial charge is 0.493 e. The Morgan fingerprint density at radius 3 is 2.63 bits per heavy atom. The third kappa shape index (κ3) is 4.75. The van der Waals surface area contributed by atoms with Gasteiger partial charge in [0, 0.05) is 12.1 Å². The molecule has 0 aliphatic rings. The maximum Gasteiger partial charge on any atom is 0.217 e. The van der Waals surface area contributed by atoms with E-state index in [-0.39, 0.29) is 0 Å². The van der Waals surface area contributed by atoms with Crippen molar-refractivity contribution < 1.29 is 9.47 Å². The van der Waals surface area contributed by atoms with Crippen LogP contribution in [-0.4, -0.2) is 40.4 Å². The first-order valence-electron chi connectivity index (χ1n) is 8.81. The Hall–Kier alpha value is -2.64. The van der Waals surface area contributed by atoms with Gasteiger partial charge in [-0.3, -0.25) is 10.00 Å². The Labute approximate surface area is 164 Å². The fourth-order valence-corrected chi connectivity index (χ4v) is 3.06. The lowest BCUT2D eigenvalue weighted by Crippen LogP contribution is -2.22. The summed E-state index contributed by atoms with van der Waals surface area (Å²) in [7, 11) is 3.69. The molecule has 0 saturated carbocycles. The van der Waals surface area contributed by atoms with Crippen LogP contribution in [-0.2, 0) is 13.2 Å². The third-order valence-corrected chi connectivity index (χ3v) is 4.40. The smallest absolute Gasteiger partial charge is 0.217 e. The molecule has 3 rings (SSSR count). The van der Waals surface area contributed by atoms with E-state index in [0.29, 0.717) is 18.0 Å². The summed E-state index contributed by atoms with van der Waals surface area (Å²) in [5.74, 6) is 2.28. The van der Waals surface area contributed by atoms with E-state index >= 15 is 0 Å². The number of methoxy groups -OCH3 is 1. The number of nitrogens with one attached hydrogen (secondary N) is 1. The van der Waals surface area contributed by atoms with E-state index in [0.717, 1.165) is 35.0 Å². The maximum atomic E-state index is 5.57. The molecule has 1 N–H and O–H groups in total. The number of benzene rings is 2. The standard InChI is InChI=1S/C20H24N4O2S/c1-4-26-17-11-10-15(12-18(17)25-3)13-23(2)14-24-20(27)21-19(22-24)16-8-6-5-7-9-16/h5-12H,4,13-14H2,1-3H3,(H,21,22,27). The zero-order valence-electron chi connectivity index (χ0n) is 15.8. The van der Waals surface area contributed by atoms with Gasteiger partial charge in [-0.25, -0.2) is 4.68 Å². The van der Waals surface area contributed by atoms with Crippen LogP contribution in [0.3, 0.4) is 0 Å². The van der Waals surface area contributed by atoms with E-state index in [1.807, 2.05) is 67.2 Å². The molecule has 7 heteroatoms. The van der Waals surface area contributed by atoms with Crippen molar-refractivity contribution in [2.24, 2.45) is 0 Å². The van der Waals surface area contributed by atoms with Gasteiger partial charge in [0.15, 0.2) is 17.3 Å². The molecule has 1 aromatic heterocycles. The lowest BCUT2D eigenvalue weighted by atomic mass is 10.2. The van der Waals surface area contributed by atoms with Gasteiger partial charge >= 0.3 is 0 Å². The Bertz CT molecular complexity index is 937. The molecule has 3 aromatic rings. The maximum absolute atomic E-state index is 5.57. The summed E-state index contributed by atoms with van der Waals surface area (Å²) in [6.45, 7) is 3.91. The molecule has 0 spiro atoms. The van der Waals surface area contributed by atoms with Crippen molar-refractivity contribution in [1.29, 1.82) is 0 Å². The Morgan fingerprint density at radius 2 is 1.93 bits per heavy atom. The Morgan fingerprint density at radius 1 is 1.15 bits per heavy atom. The zero-order chi connectivity index (χ0) is 19.2. The molecule has 0 amide bonds. The number of ether oxygens (including phenoxy) is 2. The van der Waals surface area contributed by atoms with Gasteiger partial charge in [-0.15, -0.1) is 0 Å². The SMILES string of the molecule is CCOc1ccc(CN(C)Cn2[nH]c(-c3ccccc3)nc2=S)cc1OC. The fraction of sp³-hybridized carbons (Fsp3) is 0.300. The molecule has 6 nitrogen and oxygen atoms in total. The van der Waals surface area contributed by atoms with E-state index in [9.17, 15) is 0 Å². The molecule has 0 aliphatic heterocycles. The van der Waals surface area contributed by atoms with Crippen molar-refractivity contribution in [2.75, 3.05) is 20.8 Å². The van der Waals surface area contributed by atoms with Gasteiger partial charge in [-0.05, 0) is 43.9 Å². The average molecular weight is 385 g/mol. The van der Waals surface area contributed by atoms with Crippen LogP contribution < -0.4 is 9.47 Å². The average Bonchev–Trinajstić information content (AvgIpc) is 3.04. The second-order valence-corrected chi connectivity index (χ2v) is 6.59. The number of nitrogens with zero attached hydrogens (tertiary/aromatic N) is 3. The lowest BCUT2D eigenvalue weighted by Gasteiger charge is -2.18. The normalized spacial score (nSPS) is 11.0. The van der Waals surface area contributed by atoms with Gasteiger partial charge in [0.05, 0.1) is 20.4 Å². The van der Waals surface area contributed by atoms with Crippen LogP contribution in [0.25, 0.3) is 11.4 Å². The molecule has 0 unspecified atom stereocenters.